The predicted molar refractivity (Wildman–Crippen MR) is 98.3 cm³/mol. The fourth-order valence-corrected chi connectivity index (χ4v) is 3.79. The van der Waals surface area contributed by atoms with Crippen molar-refractivity contribution in [2.75, 3.05) is 11.9 Å². The minimum atomic E-state index is -0.109. The highest BCUT2D eigenvalue weighted by Gasteiger charge is 2.32. The van der Waals surface area contributed by atoms with Gasteiger partial charge in [-0.25, -0.2) is 0 Å². The van der Waals surface area contributed by atoms with E-state index in [2.05, 4.69) is 34.3 Å². The molecule has 0 spiro atoms. The summed E-state index contributed by atoms with van der Waals surface area (Å²) in [5, 5.41) is 7.69. The Morgan fingerprint density at radius 2 is 1.79 bits per heavy atom. The Labute approximate surface area is 145 Å². The molecule has 1 aliphatic heterocycles. The monoisotopic (exact) mass is 334 g/mol. The molecule has 3 nitrogen and oxygen atoms in total. The third-order valence-electron chi connectivity index (χ3n) is 4.37. The molecule has 0 bridgehead atoms. The van der Waals surface area contributed by atoms with Gasteiger partial charge >= 0.3 is 0 Å². The summed E-state index contributed by atoms with van der Waals surface area (Å²) in [5.74, 6) is 0.0940. The van der Waals surface area contributed by atoms with E-state index in [1.54, 1.807) is 11.3 Å². The molecule has 0 radical (unpaired) electrons. The van der Waals surface area contributed by atoms with Gasteiger partial charge in [0.25, 0.3) is 5.91 Å². The van der Waals surface area contributed by atoms with Gasteiger partial charge in [0.1, 0.15) is 6.17 Å². The van der Waals surface area contributed by atoms with Crippen molar-refractivity contribution in [3.05, 3.63) is 88.1 Å². The SMILES string of the molecule is O=C1c2ccccc2N[C@H](c2ccsc2)N1CCc1ccccc1. The maximum Gasteiger partial charge on any atom is 0.257 e. The molecule has 2 aromatic carbocycles. The summed E-state index contributed by atoms with van der Waals surface area (Å²) in [4.78, 5) is 15.0. The first kappa shape index (κ1) is 15.0. The van der Waals surface area contributed by atoms with Crippen LogP contribution in [-0.2, 0) is 6.42 Å². The second-order valence-corrected chi connectivity index (χ2v) is 6.66. The van der Waals surface area contributed by atoms with Crippen LogP contribution in [0.2, 0.25) is 0 Å². The summed E-state index contributed by atoms with van der Waals surface area (Å²) >= 11 is 1.65. The number of carbonyl (C=O) groups excluding carboxylic acids is 1. The Hall–Kier alpha value is -2.59. The van der Waals surface area contributed by atoms with E-state index in [1.807, 2.05) is 47.4 Å². The minimum Gasteiger partial charge on any atom is -0.361 e. The van der Waals surface area contributed by atoms with Crippen LogP contribution in [0.5, 0.6) is 0 Å². The number of rotatable bonds is 4. The van der Waals surface area contributed by atoms with Crippen LogP contribution in [0, 0.1) is 0 Å². The van der Waals surface area contributed by atoms with Gasteiger partial charge in [-0.15, -0.1) is 0 Å². The molecule has 4 rings (SSSR count). The lowest BCUT2D eigenvalue weighted by Gasteiger charge is -2.37. The molecule has 120 valence electrons. The number of fused-ring (bicyclic) bond motifs is 1. The van der Waals surface area contributed by atoms with Crippen LogP contribution in [0.3, 0.4) is 0 Å². The molecule has 2 heterocycles. The average Bonchev–Trinajstić information content (AvgIpc) is 3.16. The van der Waals surface area contributed by atoms with Crippen molar-refractivity contribution in [3.8, 4) is 0 Å². The van der Waals surface area contributed by atoms with E-state index in [4.69, 9.17) is 0 Å². The van der Waals surface area contributed by atoms with Crippen molar-refractivity contribution in [2.24, 2.45) is 0 Å². The van der Waals surface area contributed by atoms with Crippen LogP contribution in [0.15, 0.2) is 71.4 Å². The fourth-order valence-electron chi connectivity index (χ4n) is 3.11. The highest BCUT2D eigenvalue weighted by molar-refractivity contribution is 7.08. The van der Waals surface area contributed by atoms with Crippen molar-refractivity contribution in [3.63, 3.8) is 0 Å². The highest BCUT2D eigenvalue weighted by Crippen LogP contribution is 2.33. The summed E-state index contributed by atoms with van der Waals surface area (Å²) in [6, 6.07) is 20.1. The molecule has 1 aromatic heterocycles. The number of hydrogen-bond acceptors (Lipinski definition) is 3. The Kier molecular flexibility index (Phi) is 4.05. The Morgan fingerprint density at radius 1 is 1.00 bits per heavy atom. The molecule has 1 amide bonds. The van der Waals surface area contributed by atoms with Crippen molar-refractivity contribution < 1.29 is 4.79 Å². The number of para-hydroxylation sites is 1. The first-order valence-electron chi connectivity index (χ1n) is 8.05. The van der Waals surface area contributed by atoms with Crippen LogP contribution in [-0.4, -0.2) is 17.4 Å². The molecule has 0 fully saturated rings. The zero-order valence-electron chi connectivity index (χ0n) is 13.2. The first-order valence-corrected chi connectivity index (χ1v) is 9.00. The van der Waals surface area contributed by atoms with Crippen LogP contribution < -0.4 is 5.32 Å². The highest BCUT2D eigenvalue weighted by atomic mass is 32.1. The Morgan fingerprint density at radius 3 is 2.58 bits per heavy atom. The standard InChI is InChI=1S/C20H18N2OS/c23-20-17-8-4-5-9-18(17)21-19(16-11-13-24-14-16)22(20)12-10-15-6-2-1-3-7-15/h1-9,11,13-14,19,21H,10,12H2/t19-/m0/s1. The van der Waals surface area contributed by atoms with E-state index in [0.29, 0.717) is 6.54 Å². The summed E-state index contributed by atoms with van der Waals surface area (Å²) < 4.78 is 0. The lowest BCUT2D eigenvalue weighted by molar-refractivity contribution is 0.0686. The molecule has 0 aliphatic carbocycles. The van der Waals surface area contributed by atoms with E-state index in [1.165, 1.54) is 5.56 Å². The largest absolute Gasteiger partial charge is 0.361 e. The van der Waals surface area contributed by atoms with E-state index in [0.717, 1.165) is 23.2 Å². The third kappa shape index (κ3) is 2.81. The maximum atomic E-state index is 13.0. The zero-order valence-corrected chi connectivity index (χ0v) is 14.0. The van der Waals surface area contributed by atoms with Crippen molar-refractivity contribution in [1.82, 2.24) is 4.90 Å². The molecule has 4 heteroatoms. The number of thiophene rings is 1. The summed E-state index contributed by atoms with van der Waals surface area (Å²) in [6.07, 6.45) is 0.735. The summed E-state index contributed by atoms with van der Waals surface area (Å²) in [7, 11) is 0. The van der Waals surface area contributed by atoms with Gasteiger partial charge in [0.05, 0.1) is 5.56 Å². The fraction of sp³-hybridized carbons (Fsp3) is 0.150. The van der Waals surface area contributed by atoms with E-state index in [-0.39, 0.29) is 12.1 Å². The van der Waals surface area contributed by atoms with Crippen molar-refractivity contribution >= 4 is 22.9 Å². The minimum absolute atomic E-state index is 0.0940. The van der Waals surface area contributed by atoms with Crippen LogP contribution in [0.25, 0.3) is 0 Å². The number of amides is 1. The van der Waals surface area contributed by atoms with Gasteiger partial charge < -0.3 is 10.2 Å². The van der Waals surface area contributed by atoms with Crippen molar-refractivity contribution in [1.29, 1.82) is 0 Å². The molecule has 3 aromatic rings. The van der Waals surface area contributed by atoms with E-state index < -0.39 is 0 Å². The van der Waals surface area contributed by atoms with Crippen LogP contribution in [0.4, 0.5) is 5.69 Å². The van der Waals surface area contributed by atoms with Gasteiger partial charge in [-0.2, -0.15) is 11.3 Å². The molecule has 1 atom stereocenters. The molecule has 24 heavy (non-hydrogen) atoms. The van der Waals surface area contributed by atoms with Gasteiger partial charge in [-0.3, -0.25) is 4.79 Å². The van der Waals surface area contributed by atoms with Gasteiger partial charge in [-0.1, -0.05) is 42.5 Å². The number of hydrogen-bond donors (Lipinski definition) is 1. The van der Waals surface area contributed by atoms with Gasteiger partial charge in [0, 0.05) is 17.8 Å². The average molecular weight is 334 g/mol. The molecular weight excluding hydrogens is 316 g/mol. The van der Waals surface area contributed by atoms with Crippen LogP contribution >= 0.6 is 11.3 Å². The summed E-state index contributed by atoms with van der Waals surface area (Å²) in [6.45, 7) is 0.685. The van der Waals surface area contributed by atoms with Crippen LogP contribution in [0.1, 0.15) is 27.7 Å². The van der Waals surface area contributed by atoms with E-state index in [9.17, 15) is 4.79 Å². The molecule has 0 saturated heterocycles. The van der Waals surface area contributed by atoms with Crippen molar-refractivity contribution in [2.45, 2.75) is 12.6 Å². The molecule has 1 aliphatic rings. The van der Waals surface area contributed by atoms with Gasteiger partial charge in [-0.05, 0) is 40.9 Å². The molecular formula is C20H18N2OS. The van der Waals surface area contributed by atoms with Gasteiger partial charge in [0.2, 0.25) is 0 Å². The second-order valence-electron chi connectivity index (χ2n) is 5.88. The number of carbonyl (C=O) groups is 1. The number of nitrogens with one attached hydrogen (secondary N) is 1. The number of benzene rings is 2. The second kappa shape index (κ2) is 6.49. The smallest absolute Gasteiger partial charge is 0.257 e. The van der Waals surface area contributed by atoms with E-state index >= 15 is 0 Å². The molecule has 0 saturated carbocycles. The number of anilines is 1. The Bertz CT molecular complexity index is 830. The Balaban J connectivity index is 1.64. The lowest BCUT2D eigenvalue weighted by atomic mass is 10.0. The maximum absolute atomic E-state index is 13.0. The zero-order chi connectivity index (χ0) is 16.4. The van der Waals surface area contributed by atoms with Gasteiger partial charge in [0.15, 0.2) is 0 Å². The first-order chi connectivity index (χ1) is 11.8. The number of nitrogens with zero attached hydrogens (tertiary/aromatic N) is 1. The quantitative estimate of drug-likeness (QED) is 0.759. The normalized spacial score (nSPS) is 16.6. The lowest BCUT2D eigenvalue weighted by Crippen LogP contribution is -2.43. The summed E-state index contributed by atoms with van der Waals surface area (Å²) in [5.41, 5.74) is 4.04. The predicted octanol–water partition coefficient (Wildman–Crippen LogP) is 4.56. The molecule has 0 unspecified atom stereocenters. The molecule has 1 N–H and O–H groups in total. The third-order valence-corrected chi connectivity index (χ3v) is 5.07. The topological polar surface area (TPSA) is 32.3 Å².